The smallest absolute Gasteiger partial charge is 0.335 e. The van der Waals surface area contributed by atoms with Crippen LogP contribution in [-0.2, 0) is 4.43 Å². The Labute approximate surface area is 95.0 Å². The van der Waals surface area contributed by atoms with Crippen molar-refractivity contribution < 1.29 is 19.1 Å². The van der Waals surface area contributed by atoms with Crippen LogP contribution in [0.5, 0.6) is 0 Å². The normalized spacial score (nSPS) is 10.9. The summed E-state index contributed by atoms with van der Waals surface area (Å²) < 4.78 is 5.28. The zero-order chi connectivity index (χ0) is 12.3. The minimum atomic E-state index is -1.90. The third-order valence-electron chi connectivity index (χ3n) is 1.77. The van der Waals surface area contributed by atoms with Crippen LogP contribution in [0.3, 0.4) is 0 Å². The predicted molar refractivity (Wildman–Crippen MR) is 62.2 cm³/mol. The molecule has 1 aromatic carbocycles. The van der Waals surface area contributed by atoms with Crippen molar-refractivity contribution in [3.63, 3.8) is 0 Å². The van der Waals surface area contributed by atoms with Crippen LogP contribution in [0.4, 0.5) is 0 Å². The highest BCUT2D eigenvalue weighted by molar-refractivity contribution is 6.71. The molecule has 0 amide bonds. The molecule has 0 spiro atoms. The molecule has 1 aromatic rings. The van der Waals surface area contributed by atoms with E-state index in [-0.39, 0.29) is 5.56 Å². The lowest BCUT2D eigenvalue weighted by Crippen LogP contribution is -2.29. The van der Waals surface area contributed by atoms with Gasteiger partial charge in [0.25, 0.3) is 0 Å². The van der Waals surface area contributed by atoms with Crippen LogP contribution in [0.2, 0.25) is 19.6 Å². The highest BCUT2D eigenvalue weighted by Gasteiger charge is 2.20. The molecular weight excluding hydrogens is 224 g/mol. The summed E-state index contributed by atoms with van der Waals surface area (Å²) in [6.45, 7) is 5.74. The molecule has 0 atom stereocenters. The molecule has 0 unspecified atom stereocenters. The molecule has 0 fully saturated rings. The van der Waals surface area contributed by atoms with Crippen LogP contribution in [-0.4, -0.2) is 25.4 Å². The molecule has 0 bridgehead atoms. The number of carboxylic acid groups (broad SMARTS) is 1. The van der Waals surface area contributed by atoms with E-state index < -0.39 is 20.3 Å². The molecule has 0 aromatic heterocycles. The highest BCUT2D eigenvalue weighted by atomic mass is 28.4. The average molecular weight is 238 g/mol. The van der Waals surface area contributed by atoms with Gasteiger partial charge < -0.3 is 9.53 Å². The summed E-state index contributed by atoms with van der Waals surface area (Å²) in [7, 11) is -1.90. The maximum absolute atomic E-state index is 11.6. The van der Waals surface area contributed by atoms with Crippen molar-refractivity contribution in [2.75, 3.05) is 0 Å². The van der Waals surface area contributed by atoms with E-state index >= 15 is 0 Å². The number of hydrogen-bond donors (Lipinski definition) is 1. The molecule has 0 saturated carbocycles. The lowest BCUT2D eigenvalue weighted by molar-refractivity contribution is 0.0690. The molecule has 4 nitrogen and oxygen atoms in total. The van der Waals surface area contributed by atoms with Crippen LogP contribution in [0, 0.1) is 0 Å². The van der Waals surface area contributed by atoms with Crippen LogP contribution in [0.1, 0.15) is 20.7 Å². The summed E-state index contributed by atoms with van der Waals surface area (Å²) in [6.07, 6.45) is 0. The number of carbonyl (C=O) groups excluding carboxylic acids is 1. The zero-order valence-corrected chi connectivity index (χ0v) is 10.5. The third-order valence-corrected chi connectivity index (χ3v) is 2.56. The second-order valence-electron chi connectivity index (χ2n) is 4.38. The van der Waals surface area contributed by atoms with Gasteiger partial charge in [0.1, 0.15) is 0 Å². The van der Waals surface area contributed by atoms with Gasteiger partial charge in [0.05, 0.1) is 11.1 Å². The van der Waals surface area contributed by atoms with Crippen LogP contribution >= 0.6 is 0 Å². The topological polar surface area (TPSA) is 63.6 Å². The van der Waals surface area contributed by atoms with Crippen molar-refractivity contribution >= 4 is 20.3 Å². The Morgan fingerprint density at radius 3 is 1.88 bits per heavy atom. The number of aromatic carboxylic acids is 1. The number of carbonyl (C=O) groups is 2. The molecule has 5 heteroatoms. The molecule has 0 aliphatic carbocycles. The van der Waals surface area contributed by atoms with E-state index in [4.69, 9.17) is 9.53 Å². The standard InChI is InChI=1S/C11H14O4Si/c1-16(2,3)15-11(14)9-6-4-8(5-7-9)10(12)13/h4-7H,1-3H3,(H,12,13). The minimum Gasteiger partial charge on any atom is -0.516 e. The van der Waals surface area contributed by atoms with Crippen molar-refractivity contribution in [1.29, 1.82) is 0 Å². The second-order valence-corrected chi connectivity index (χ2v) is 8.81. The zero-order valence-electron chi connectivity index (χ0n) is 9.48. The van der Waals surface area contributed by atoms with Crippen molar-refractivity contribution in [2.24, 2.45) is 0 Å². The summed E-state index contributed by atoms with van der Waals surface area (Å²) in [5.74, 6) is -1.40. The Balaban J connectivity index is 2.82. The average Bonchev–Trinajstić information content (AvgIpc) is 2.15. The summed E-state index contributed by atoms with van der Waals surface area (Å²) in [5, 5.41) is 8.69. The maximum atomic E-state index is 11.6. The quantitative estimate of drug-likeness (QED) is 0.821. The van der Waals surface area contributed by atoms with Crippen molar-refractivity contribution in [3.8, 4) is 0 Å². The number of benzene rings is 1. The van der Waals surface area contributed by atoms with Gasteiger partial charge in [-0.25, -0.2) is 9.59 Å². The van der Waals surface area contributed by atoms with Crippen LogP contribution < -0.4 is 0 Å². The number of carboxylic acids is 1. The molecule has 1 rings (SSSR count). The Morgan fingerprint density at radius 2 is 1.50 bits per heavy atom. The van der Waals surface area contributed by atoms with Gasteiger partial charge in [0, 0.05) is 0 Å². The van der Waals surface area contributed by atoms with Gasteiger partial charge in [0.15, 0.2) is 0 Å². The van der Waals surface area contributed by atoms with Crippen LogP contribution in [0.25, 0.3) is 0 Å². The molecule has 86 valence electrons. The Morgan fingerprint density at radius 1 is 1.06 bits per heavy atom. The van der Waals surface area contributed by atoms with Gasteiger partial charge >= 0.3 is 11.9 Å². The second kappa shape index (κ2) is 4.48. The summed E-state index contributed by atoms with van der Waals surface area (Å²) in [6, 6.07) is 5.71. The van der Waals surface area contributed by atoms with E-state index in [1.807, 2.05) is 19.6 Å². The predicted octanol–water partition coefficient (Wildman–Crippen LogP) is 2.38. The first-order chi connectivity index (χ1) is 7.29. The lowest BCUT2D eigenvalue weighted by atomic mass is 10.1. The van der Waals surface area contributed by atoms with Gasteiger partial charge in [-0.3, -0.25) is 0 Å². The fourth-order valence-corrected chi connectivity index (χ4v) is 1.76. The first-order valence-corrected chi connectivity index (χ1v) is 8.27. The van der Waals surface area contributed by atoms with Crippen molar-refractivity contribution in [2.45, 2.75) is 19.6 Å². The molecule has 0 saturated heterocycles. The van der Waals surface area contributed by atoms with Crippen molar-refractivity contribution in [1.82, 2.24) is 0 Å². The molecule has 0 aliphatic heterocycles. The molecule has 0 heterocycles. The van der Waals surface area contributed by atoms with Gasteiger partial charge in [-0.05, 0) is 43.9 Å². The largest absolute Gasteiger partial charge is 0.516 e. The van der Waals surface area contributed by atoms with E-state index in [0.717, 1.165) is 0 Å². The Hall–Kier alpha value is -1.62. The molecule has 0 aliphatic rings. The van der Waals surface area contributed by atoms with E-state index in [0.29, 0.717) is 5.56 Å². The SMILES string of the molecule is C[Si](C)(C)OC(=O)c1ccc(C(=O)O)cc1. The molecule has 16 heavy (non-hydrogen) atoms. The lowest BCUT2D eigenvalue weighted by Gasteiger charge is -2.17. The van der Waals surface area contributed by atoms with E-state index in [1.165, 1.54) is 24.3 Å². The Kier molecular flexibility index (Phi) is 3.49. The molecule has 1 N–H and O–H groups in total. The maximum Gasteiger partial charge on any atom is 0.335 e. The van der Waals surface area contributed by atoms with Gasteiger partial charge in [-0.1, -0.05) is 0 Å². The summed E-state index contributed by atoms with van der Waals surface area (Å²) >= 11 is 0. The fourth-order valence-electron chi connectivity index (χ4n) is 1.09. The highest BCUT2D eigenvalue weighted by Crippen LogP contribution is 2.10. The van der Waals surface area contributed by atoms with E-state index in [2.05, 4.69) is 0 Å². The summed E-state index contributed by atoms with van der Waals surface area (Å²) in [4.78, 5) is 22.2. The Bertz CT molecular complexity index is 403. The van der Waals surface area contributed by atoms with Gasteiger partial charge in [0.2, 0.25) is 8.32 Å². The van der Waals surface area contributed by atoms with Gasteiger partial charge in [-0.15, -0.1) is 0 Å². The first-order valence-electron chi connectivity index (χ1n) is 4.86. The molecular formula is C11H14O4Si. The van der Waals surface area contributed by atoms with E-state index in [1.54, 1.807) is 0 Å². The van der Waals surface area contributed by atoms with Crippen molar-refractivity contribution in [3.05, 3.63) is 35.4 Å². The van der Waals surface area contributed by atoms with E-state index in [9.17, 15) is 9.59 Å². The number of rotatable bonds is 3. The third kappa shape index (κ3) is 3.51. The minimum absolute atomic E-state index is 0.157. The summed E-state index contributed by atoms with van der Waals surface area (Å²) in [5.41, 5.74) is 0.539. The van der Waals surface area contributed by atoms with Crippen LogP contribution in [0.15, 0.2) is 24.3 Å². The fraction of sp³-hybridized carbons (Fsp3) is 0.273. The number of hydrogen-bond acceptors (Lipinski definition) is 3. The molecule has 0 radical (unpaired) electrons. The monoisotopic (exact) mass is 238 g/mol. The van der Waals surface area contributed by atoms with Gasteiger partial charge in [-0.2, -0.15) is 0 Å². The first kappa shape index (κ1) is 12.4.